The number of aliphatic hydroxyl groups is 1. The normalized spacial score (nSPS) is 11.3. The van der Waals surface area contributed by atoms with Gasteiger partial charge >= 0.3 is 0 Å². The maximum Gasteiger partial charge on any atom is 0.167 e. The van der Waals surface area contributed by atoms with Crippen LogP contribution < -0.4 is 0 Å². The summed E-state index contributed by atoms with van der Waals surface area (Å²) < 4.78 is 1.86. The van der Waals surface area contributed by atoms with Crippen molar-refractivity contribution in [1.82, 2.24) is 9.55 Å². The number of imidazole rings is 1. The van der Waals surface area contributed by atoms with Crippen molar-refractivity contribution in [2.45, 2.75) is 26.8 Å². The number of hydrogen-bond acceptors (Lipinski definition) is 3. The summed E-state index contributed by atoms with van der Waals surface area (Å²) in [5.74, 6) is 0.595. The molecule has 1 N–H and O–H groups in total. The third-order valence-corrected chi connectivity index (χ3v) is 6.15. The van der Waals surface area contributed by atoms with Gasteiger partial charge in [-0.15, -0.1) is 0 Å². The van der Waals surface area contributed by atoms with E-state index in [1.165, 1.54) is 11.1 Å². The van der Waals surface area contributed by atoms with Gasteiger partial charge < -0.3 is 9.67 Å². The fourth-order valence-electron chi connectivity index (χ4n) is 3.73. The third kappa shape index (κ3) is 4.24. The van der Waals surface area contributed by atoms with Crippen LogP contribution in [0.1, 0.15) is 27.0 Å². The van der Waals surface area contributed by atoms with Crippen molar-refractivity contribution >= 4 is 40.0 Å². The Hall–Kier alpha value is -2.66. The standard InChI is InChI=1S/C25H22Cl2N2O2/c1-15-6-7-17(12-16(15)2)13-23(31)18-8-9-21-22(14-18)29(10-11-30)25(28-21)24-19(26)4-3-5-20(24)27/h3-9,12,14,30H,10-11,13H2,1-2H3. The minimum Gasteiger partial charge on any atom is -0.395 e. The summed E-state index contributed by atoms with van der Waals surface area (Å²) in [6.07, 6.45) is 0.323. The second-order valence-electron chi connectivity index (χ2n) is 7.63. The highest BCUT2D eigenvalue weighted by molar-refractivity contribution is 6.39. The van der Waals surface area contributed by atoms with Crippen molar-refractivity contribution < 1.29 is 9.90 Å². The van der Waals surface area contributed by atoms with Crippen LogP contribution in [0.2, 0.25) is 10.0 Å². The fraction of sp³-hybridized carbons (Fsp3) is 0.200. The van der Waals surface area contributed by atoms with Crippen LogP contribution in [0.25, 0.3) is 22.4 Å². The number of carbonyl (C=O) groups is 1. The van der Waals surface area contributed by atoms with Crippen LogP contribution in [0.3, 0.4) is 0 Å². The first-order valence-corrected chi connectivity index (χ1v) is 10.8. The summed E-state index contributed by atoms with van der Waals surface area (Å²) in [5, 5.41) is 10.6. The average Bonchev–Trinajstić information content (AvgIpc) is 3.08. The van der Waals surface area contributed by atoms with Crippen LogP contribution in [-0.4, -0.2) is 27.0 Å². The number of hydrogen-bond donors (Lipinski definition) is 1. The van der Waals surface area contributed by atoms with Gasteiger partial charge in [0.25, 0.3) is 0 Å². The number of fused-ring (bicyclic) bond motifs is 1. The number of aryl methyl sites for hydroxylation is 2. The Bertz CT molecular complexity index is 1270. The van der Waals surface area contributed by atoms with E-state index in [4.69, 9.17) is 28.2 Å². The van der Waals surface area contributed by atoms with Gasteiger partial charge in [0.05, 0.1) is 33.2 Å². The van der Waals surface area contributed by atoms with E-state index >= 15 is 0 Å². The van der Waals surface area contributed by atoms with E-state index in [0.29, 0.717) is 45.5 Å². The minimum atomic E-state index is -0.0820. The van der Waals surface area contributed by atoms with Crippen molar-refractivity contribution in [2.24, 2.45) is 0 Å². The summed E-state index contributed by atoms with van der Waals surface area (Å²) in [5.41, 5.74) is 6.04. The first-order chi connectivity index (χ1) is 14.9. The molecule has 0 aliphatic rings. The number of benzene rings is 3. The Kier molecular flexibility index (Phi) is 6.15. The number of carbonyl (C=O) groups excluding carboxylic acids is 1. The topological polar surface area (TPSA) is 55.1 Å². The van der Waals surface area contributed by atoms with Gasteiger partial charge in [0.1, 0.15) is 5.82 Å². The van der Waals surface area contributed by atoms with Gasteiger partial charge in [0.15, 0.2) is 5.78 Å². The number of rotatable bonds is 6. The van der Waals surface area contributed by atoms with Crippen molar-refractivity contribution in [2.75, 3.05) is 6.61 Å². The maximum atomic E-state index is 13.0. The minimum absolute atomic E-state index is 0.0271. The molecule has 0 aliphatic heterocycles. The second kappa shape index (κ2) is 8.83. The van der Waals surface area contributed by atoms with Crippen molar-refractivity contribution in [3.8, 4) is 11.4 Å². The number of nitrogens with zero attached hydrogens (tertiary/aromatic N) is 2. The molecule has 1 heterocycles. The van der Waals surface area contributed by atoms with E-state index in [1.54, 1.807) is 24.3 Å². The zero-order chi connectivity index (χ0) is 22.1. The molecule has 0 saturated carbocycles. The summed E-state index contributed by atoms with van der Waals surface area (Å²) >= 11 is 12.8. The molecule has 3 aromatic carbocycles. The molecule has 4 rings (SSSR count). The molecule has 0 spiro atoms. The molecule has 0 aliphatic carbocycles. The SMILES string of the molecule is Cc1ccc(CC(=O)c2ccc3nc(-c4c(Cl)cccc4Cl)n(CCO)c3c2)cc1C. The molecule has 1 aromatic heterocycles. The van der Waals surface area contributed by atoms with Crippen LogP contribution in [-0.2, 0) is 13.0 Å². The molecular formula is C25H22Cl2N2O2. The van der Waals surface area contributed by atoms with Gasteiger partial charge in [-0.3, -0.25) is 4.79 Å². The first kappa shape index (κ1) is 21.6. The Labute approximate surface area is 191 Å². The van der Waals surface area contributed by atoms with E-state index in [0.717, 1.165) is 11.1 Å². The lowest BCUT2D eigenvalue weighted by Gasteiger charge is -2.11. The number of halogens is 2. The molecule has 0 amide bonds. The molecule has 4 aromatic rings. The quantitative estimate of drug-likeness (QED) is 0.362. The molecule has 0 radical (unpaired) electrons. The number of aromatic nitrogens is 2. The molecule has 0 unspecified atom stereocenters. The molecule has 0 bridgehead atoms. The summed E-state index contributed by atoms with van der Waals surface area (Å²) in [6.45, 7) is 4.33. The molecule has 4 nitrogen and oxygen atoms in total. The van der Waals surface area contributed by atoms with E-state index in [1.807, 2.05) is 35.8 Å². The van der Waals surface area contributed by atoms with E-state index in [-0.39, 0.29) is 12.4 Å². The summed E-state index contributed by atoms with van der Waals surface area (Å²) in [7, 11) is 0. The first-order valence-electron chi connectivity index (χ1n) is 10.0. The maximum absolute atomic E-state index is 13.0. The number of aliphatic hydroxyl groups excluding tert-OH is 1. The largest absolute Gasteiger partial charge is 0.395 e. The lowest BCUT2D eigenvalue weighted by atomic mass is 9.99. The Morgan fingerprint density at radius 2 is 1.74 bits per heavy atom. The zero-order valence-corrected chi connectivity index (χ0v) is 18.8. The highest BCUT2D eigenvalue weighted by Crippen LogP contribution is 2.36. The summed E-state index contributed by atoms with van der Waals surface area (Å²) in [6, 6.07) is 16.8. The smallest absolute Gasteiger partial charge is 0.167 e. The van der Waals surface area contributed by atoms with E-state index in [2.05, 4.69) is 13.0 Å². The molecule has 31 heavy (non-hydrogen) atoms. The van der Waals surface area contributed by atoms with Gasteiger partial charge in [0, 0.05) is 18.5 Å². The predicted molar refractivity (Wildman–Crippen MR) is 126 cm³/mol. The molecule has 0 fully saturated rings. The summed E-state index contributed by atoms with van der Waals surface area (Å²) in [4.78, 5) is 17.7. The van der Waals surface area contributed by atoms with Crippen LogP contribution >= 0.6 is 23.2 Å². The van der Waals surface area contributed by atoms with E-state index in [9.17, 15) is 9.90 Å². The average molecular weight is 453 g/mol. The number of ketones is 1. The zero-order valence-electron chi connectivity index (χ0n) is 17.3. The molecule has 158 valence electrons. The van der Waals surface area contributed by atoms with Crippen molar-refractivity contribution in [3.63, 3.8) is 0 Å². The predicted octanol–water partition coefficient (Wildman–Crippen LogP) is 6.04. The fourth-order valence-corrected chi connectivity index (χ4v) is 4.29. The van der Waals surface area contributed by atoms with Gasteiger partial charge in [-0.2, -0.15) is 0 Å². The molecule has 6 heteroatoms. The van der Waals surface area contributed by atoms with Crippen LogP contribution in [0.15, 0.2) is 54.6 Å². The van der Waals surface area contributed by atoms with Gasteiger partial charge in [-0.25, -0.2) is 4.98 Å². The molecular weight excluding hydrogens is 431 g/mol. The Morgan fingerprint density at radius 1 is 1.00 bits per heavy atom. The van der Waals surface area contributed by atoms with Crippen LogP contribution in [0.5, 0.6) is 0 Å². The van der Waals surface area contributed by atoms with Crippen LogP contribution in [0.4, 0.5) is 0 Å². The lowest BCUT2D eigenvalue weighted by Crippen LogP contribution is -2.07. The van der Waals surface area contributed by atoms with Gasteiger partial charge in [-0.1, -0.05) is 47.5 Å². The lowest BCUT2D eigenvalue weighted by molar-refractivity contribution is 0.0993. The Morgan fingerprint density at radius 3 is 2.42 bits per heavy atom. The second-order valence-corrected chi connectivity index (χ2v) is 8.44. The highest BCUT2D eigenvalue weighted by atomic mass is 35.5. The molecule has 0 saturated heterocycles. The van der Waals surface area contributed by atoms with Crippen molar-refractivity contribution in [3.05, 3.63) is 86.9 Å². The van der Waals surface area contributed by atoms with Crippen molar-refractivity contribution in [1.29, 1.82) is 0 Å². The third-order valence-electron chi connectivity index (χ3n) is 5.52. The monoisotopic (exact) mass is 452 g/mol. The van der Waals surface area contributed by atoms with Gasteiger partial charge in [0.2, 0.25) is 0 Å². The van der Waals surface area contributed by atoms with Gasteiger partial charge in [-0.05, 0) is 60.9 Å². The number of Topliss-reactive ketones (excluding diaryl/α,β-unsaturated/α-hetero) is 1. The molecule has 0 atom stereocenters. The van der Waals surface area contributed by atoms with E-state index < -0.39 is 0 Å². The Balaban J connectivity index is 1.77. The van der Waals surface area contributed by atoms with Crippen LogP contribution in [0, 0.1) is 13.8 Å². The highest BCUT2D eigenvalue weighted by Gasteiger charge is 2.19.